The predicted molar refractivity (Wildman–Crippen MR) is 101 cm³/mol. The molecule has 0 aliphatic carbocycles. The van der Waals surface area contributed by atoms with Crippen LogP contribution in [0.2, 0.25) is 0 Å². The van der Waals surface area contributed by atoms with E-state index >= 15 is 0 Å². The van der Waals surface area contributed by atoms with Crippen LogP contribution in [0.3, 0.4) is 0 Å². The minimum Gasteiger partial charge on any atom is -0.490 e. The summed E-state index contributed by atoms with van der Waals surface area (Å²) in [6.07, 6.45) is 1.29. The van der Waals surface area contributed by atoms with Crippen molar-refractivity contribution in [1.82, 2.24) is 5.43 Å². The van der Waals surface area contributed by atoms with Gasteiger partial charge in [0.25, 0.3) is 11.8 Å². The Labute approximate surface area is 160 Å². The number of benzene rings is 2. The van der Waals surface area contributed by atoms with Gasteiger partial charge in [-0.3, -0.25) is 25.1 Å². The Morgan fingerprint density at radius 2 is 1.93 bits per heavy atom. The molecule has 1 aliphatic heterocycles. The first-order chi connectivity index (χ1) is 13.5. The van der Waals surface area contributed by atoms with Crippen molar-refractivity contribution in [2.75, 3.05) is 18.7 Å². The van der Waals surface area contributed by atoms with Crippen LogP contribution in [0.5, 0.6) is 11.5 Å². The van der Waals surface area contributed by atoms with E-state index in [0.717, 1.165) is 5.01 Å². The minimum atomic E-state index is -0.615. The molecule has 3 rings (SSSR count). The monoisotopic (exact) mass is 383 g/mol. The smallest absolute Gasteiger partial charge is 0.315 e. The molecular weight excluding hydrogens is 366 g/mol. The van der Waals surface area contributed by atoms with Crippen LogP contribution in [0.15, 0.2) is 48.0 Å². The Morgan fingerprint density at radius 1 is 1.21 bits per heavy atom. The standard InChI is InChI=1S/C19H17N3O6/c1-3-28-16-11-12(10-15(22(25)26)17(16)27-2)9-14-18(23)20-21(19(14)24)13-7-5-4-6-8-13/h4-11H,3H2,1-2H3,(H,20,23)/b14-9-. The van der Waals surface area contributed by atoms with Crippen LogP contribution in [-0.2, 0) is 9.59 Å². The molecule has 1 N–H and O–H groups in total. The maximum Gasteiger partial charge on any atom is 0.315 e. The normalized spacial score (nSPS) is 14.9. The molecule has 1 aliphatic rings. The van der Waals surface area contributed by atoms with E-state index in [-0.39, 0.29) is 34.9 Å². The highest BCUT2D eigenvalue weighted by Crippen LogP contribution is 2.39. The summed E-state index contributed by atoms with van der Waals surface area (Å²) in [5.74, 6) is -1.04. The first kappa shape index (κ1) is 18.9. The second-order valence-electron chi connectivity index (χ2n) is 5.74. The largest absolute Gasteiger partial charge is 0.490 e. The number of para-hydroxylation sites is 1. The lowest BCUT2D eigenvalue weighted by molar-refractivity contribution is -0.385. The maximum absolute atomic E-state index is 12.7. The summed E-state index contributed by atoms with van der Waals surface area (Å²) in [5.41, 5.74) is 2.77. The fourth-order valence-corrected chi connectivity index (χ4v) is 2.78. The number of carbonyl (C=O) groups is 2. The third kappa shape index (κ3) is 3.50. The van der Waals surface area contributed by atoms with Crippen molar-refractivity contribution in [3.63, 3.8) is 0 Å². The van der Waals surface area contributed by atoms with E-state index in [1.807, 2.05) is 0 Å². The highest BCUT2D eigenvalue weighted by atomic mass is 16.6. The molecule has 0 saturated carbocycles. The van der Waals surface area contributed by atoms with Crippen molar-refractivity contribution in [2.45, 2.75) is 6.92 Å². The fraction of sp³-hybridized carbons (Fsp3) is 0.158. The van der Waals surface area contributed by atoms with E-state index in [1.165, 1.54) is 25.3 Å². The second kappa shape index (κ2) is 7.78. The molecule has 9 nitrogen and oxygen atoms in total. The van der Waals surface area contributed by atoms with Gasteiger partial charge in [-0.25, -0.2) is 5.01 Å². The van der Waals surface area contributed by atoms with Crippen molar-refractivity contribution in [2.24, 2.45) is 0 Å². The van der Waals surface area contributed by atoms with Crippen LogP contribution >= 0.6 is 0 Å². The molecule has 1 fully saturated rings. The number of methoxy groups -OCH3 is 1. The number of nitro groups is 1. The average Bonchev–Trinajstić information content (AvgIpc) is 2.97. The molecule has 1 heterocycles. The lowest BCUT2D eigenvalue weighted by atomic mass is 10.1. The number of nitrogens with one attached hydrogen (secondary N) is 1. The van der Waals surface area contributed by atoms with E-state index in [2.05, 4.69) is 5.43 Å². The minimum absolute atomic E-state index is 0.0258. The van der Waals surface area contributed by atoms with Gasteiger partial charge in [0.2, 0.25) is 5.75 Å². The van der Waals surface area contributed by atoms with Crippen LogP contribution in [0.25, 0.3) is 6.08 Å². The number of hydrogen-bond donors (Lipinski definition) is 1. The van der Waals surface area contributed by atoms with Crippen molar-refractivity contribution in [3.8, 4) is 11.5 Å². The molecule has 0 aromatic heterocycles. The van der Waals surface area contributed by atoms with E-state index in [1.54, 1.807) is 37.3 Å². The number of rotatable bonds is 6. The molecule has 0 radical (unpaired) electrons. The van der Waals surface area contributed by atoms with E-state index in [9.17, 15) is 19.7 Å². The van der Waals surface area contributed by atoms with Crippen LogP contribution in [0.4, 0.5) is 11.4 Å². The molecular formula is C19H17N3O6. The van der Waals surface area contributed by atoms with Crippen LogP contribution < -0.4 is 19.9 Å². The zero-order chi connectivity index (χ0) is 20.3. The number of hydrazine groups is 1. The van der Waals surface area contributed by atoms with Gasteiger partial charge < -0.3 is 9.47 Å². The number of anilines is 1. The zero-order valence-corrected chi connectivity index (χ0v) is 15.2. The highest BCUT2D eigenvalue weighted by Gasteiger charge is 2.34. The number of amides is 2. The molecule has 28 heavy (non-hydrogen) atoms. The Hall–Kier alpha value is -3.88. The predicted octanol–water partition coefficient (Wildman–Crippen LogP) is 2.46. The number of hydrogen-bond acceptors (Lipinski definition) is 6. The van der Waals surface area contributed by atoms with Crippen molar-refractivity contribution >= 4 is 29.3 Å². The number of carbonyl (C=O) groups excluding carboxylic acids is 2. The molecule has 144 valence electrons. The third-order valence-electron chi connectivity index (χ3n) is 3.98. The van der Waals surface area contributed by atoms with E-state index in [4.69, 9.17) is 9.47 Å². The van der Waals surface area contributed by atoms with Crippen molar-refractivity contribution in [1.29, 1.82) is 0 Å². The number of nitrogens with zero attached hydrogens (tertiary/aromatic N) is 2. The second-order valence-corrected chi connectivity index (χ2v) is 5.74. The molecule has 0 unspecified atom stereocenters. The molecule has 2 amide bonds. The average molecular weight is 383 g/mol. The molecule has 0 atom stereocenters. The summed E-state index contributed by atoms with van der Waals surface area (Å²) in [4.78, 5) is 35.7. The van der Waals surface area contributed by atoms with Crippen molar-refractivity contribution in [3.05, 3.63) is 63.7 Å². The summed E-state index contributed by atoms with van der Waals surface area (Å²) in [6, 6.07) is 11.3. The van der Waals surface area contributed by atoms with Gasteiger partial charge in [0.1, 0.15) is 5.57 Å². The summed E-state index contributed by atoms with van der Waals surface area (Å²) in [5, 5.41) is 12.5. The lowest BCUT2D eigenvalue weighted by Crippen LogP contribution is -2.35. The van der Waals surface area contributed by atoms with Crippen LogP contribution in [0.1, 0.15) is 12.5 Å². The van der Waals surface area contributed by atoms with Gasteiger partial charge in [0.05, 0.1) is 24.3 Å². The van der Waals surface area contributed by atoms with Crippen LogP contribution in [-0.4, -0.2) is 30.5 Å². The summed E-state index contributed by atoms with van der Waals surface area (Å²) in [6.45, 7) is 1.98. The Balaban J connectivity index is 2.04. The maximum atomic E-state index is 12.7. The summed E-state index contributed by atoms with van der Waals surface area (Å²) < 4.78 is 10.5. The molecule has 0 spiro atoms. The highest BCUT2D eigenvalue weighted by molar-refractivity contribution is 6.31. The summed E-state index contributed by atoms with van der Waals surface area (Å²) >= 11 is 0. The molecule has 9 heteroatoms. The van der Waals surface area contributed by atoms with Gasteiger partial charge in [-0.05, 0) is 36.8 Å². The van der Waals surface area contributed by atoms with Gasteiger partial charge in [0.15, 0.2) is 5.75 Å². The lowest BCUT2D eigenvalue weighted by Gasteiger charge is -2.14. The fourth-order valence-electron chi connectivity index (χ4n) is 2.78. The van der Waals surface area contributed by atoms with Crippen LogP contribution in [0, 0.1) is 10.1 Å². The van der Waals surface area contributed by atoms with Gasteiger partial charge in [-0.2, -0.15) is 0 Å². The summed E-state index contributed by atoms with van der Waals surface area (Å²) in [7, 11) is 1.30. The van der Waals surface area contributed by atoms with E-state index in [0.29, 0.717) is 5.69 Å². The molecule has 2 aromatic carbocycles. The quantitative estimate of drug-likeness (QED) is 0.355. The van der Waals surface area contributed by atoms with Gasteiger partial charge >= 0.3 is 5.69 Å². The van der Waals surface area contributed by atoms with Gasteiger partial charge in [-0.1, -0.05) is 18.2 Å². The zero-order valence-electron chi connectivity index (χ0n) is 15.2. The molecule has 1 saturated heterocycles. The van der Waals surface area contributed by atoms with Crippen molar-refractivity contribution < 1.29 is 24.0 Å². The first-order valence-electron chi connectivity index (χ1n) is 8.37. The topological polar surface area (TPSA) is 111 Å². The Bertz CT molecular complexity index is 971. The third-order valence-corrected chi connectivity index (χ3v) is 3.98. The number of nitro benzene ring substituents is 1. The van der Waals surface area contributed by atoms with Gasteiger partial charge in [-0.15, -0.1) is 0 Å². The van der Waals surface area contributed by atoms with Gasteiger partial charge in [0, 0.05) is 6.07 Å². The SMILES string of the molecule is CCOc1cc(/C=C2/C(=O)NN(c3ccccc3)C2=O)cc([N+](=O)[O-])c1OC. The molecule has 2 aromatic rings. The molecule has 0 bridgehead atoms. The first-order valence-corrected chi connectivity index (χ1v) is 8.37. The van der Waals surface area contributed by atoms with E-state index < -0.39 is 16.7 Å². The Kier molecular flexibility index (Phi) is 5.25. The Morgan fingerprint density at radius 3 is 2.54 bits per heavy atom. The number of ether oxygens (including phenoxy) is 2.